The third-order valence-electron chi connectivity index (χ3n) is 6.63. The van der Waals surface area contributed by atoms with Crippen LogP contribution in [0.3, 0.4) is 0 Å². The number of rotatable bonds is 7. The van der Waals surface area contributed by atoms with Crippen molar-refractivity contribution in [2.75, 3.05) is 18.4 Å². The summed E-state index contributed by atoms with van der Waals surface area (Å²) in [6, 6.07) is 13.5. The van der Waals surface area contributed by atoms with Crippen LogP contribution in [0, 0.1) is 0 Å². The molecular formula is C27H29N9O2. The van der Waals surface area contributed by atoms with Gasteiger partial charge in [0.05, 0.1) is 6.20 Å². The lowest BCUT2D eigenvalue weighted by molar-refractivity contribution is 0.156. The molecule has 1 saturated heterocycles. The molecule has 1 fully saturated rings. The summed E-state index contributed by atoms with van der Waals surface area (Å²) in [5, 5.41) is 11.3. The Morgan fingerprint density at radius 1 is 1.08 bits per heavy atom. The molecule has 0 aliphatic carbocycles. The maximum Gasteiger partial charge on any atom is 0.278 e. The second kappa shape index (κ2) is 10.1. The Hall–Kier alpha value is -4.51. The molecule has 0 bridgehead atoms. The fraction of sp³-hybridized carbons (Fsp3) is 0.296. The van der Waals surface area contributed by atoms with Crippen LogP contribution in [0.15, 0.2) is 65.8 Å². The van der Waals surface area contributed by atoms with Crippen molar-refractivity contribution in [3.63, 3.8) is 0 Å². The summed E-state index contributed by atoms with van der Waals surface area (Å²) in [6.45, 7) is 4.23. The second-order valence-electron chi connectivity index (χ2n) is 9.27. The van der Waals surface area contributed by atoms with Crippen molar-refractivity contribution in [2.45, 2.75) is 32.4 Å². The molecule has 0 saturated carbocycles. The summed E-state index contributed by atoms with van der Waals surface area (Å²) < 4.78 is 11.3. The van der Waals surface area contributed by atoms with Gasteiger partial charge in [0.25, 0.3) is 5.56 Å². The maximum absolute atomic E-state index is 13.2. The van der Waals surface area contributed by atoms with Crippen LogP contribution >= 0.6 is 0 Å². The Bertz CT molecular complexity index is 1650. The van der Waals surface area contributed by atoms with Gasteiger partial charge in [-0.25, -0.2) is 14.3 Å². The molecule has 0 spiro atoms. The number of anilines is 2. The highest BCUT2D eigenvalue weighted by Crippen LogP contribution is 2.25. The lowest BCUT2D eigenvalue weighted by Gasteiger charge is -2.23. The summed E-state index contributed by atoms with van der Waals surface area (Å²) in [4.78, 5) is 27.1. The third kappa shape index (κ3) is 4.63. The molecule has 6 rings (SSSR count). The minimum atomic E-state index is -0.167. The first-order valence-corrected chi connectivity index (χ1v) is 12.8. The van der Waals surface area contributed by atoms with Crippen LogP contribution in [0.25, 0.3) is 28.0 Å². The van der Waals surface area contributed by atoms with Gasteiger partial charge in [0, 0.05) is 43.3 Å². The highest BCUT2D eigenvalue weighted by molar-refractivity contribution is 5.77. The zero-order valence-electron chi connectivity index (χ0n) is 21.3. The summed E-state index contributed by atoms with van der Waals surface area (Å²) >= 11 is 0. The molecule has 38 heavy (non-hydrogen) atoms. The molecule has 194 valence electrons. The molecule has 2 N–H and O–H groups in total. The number of benzene rings is 1. The van der Waals surface area contributed by atoms with Gasteiger partial charge in [0.15, 0.2) is 11.5 Å². The predicted octanol–water partition coefficient (Wildman–Crippen LogP) is 3.27. The zero-order valence-corrected chi connectivity index (χ0v) is 21.3. The van der Waals surface area contributed by atoms with Gasteiger partial charge < -0.3 is 15.4 Å². The van der Waals surface area contributed by atoms with Crippen molar-refractivity contribution in [3.8, 4) is 22.8 Å². The van der Waals surface area contributed by atoms with Crippen molar-refractivity contribution in [1.29, 1.82) is 0 Å². The first-order chi connectivity index (χ1) is 18.6. The Balaban J connectivity index is 1.36. The topological polar surface area (TPSA) is 117 Å². The first kappa shape index (κ1) is 23.9. The normalized spacial score (nSPS) is 14.2. The quantitative estimate of drug-likeness (QED) is 0.342. The van der Waals surface area contributed by atoms with E-state index in [9.17, 15) is 4.79 Å². The maximum atomic E-state index is 13.2. The molecule has 0 radical (unpaired) electrons. The largest absolute Gasteiger partial charge is 0.474 e. The number of aromatic nitrogens is 7. The van der Waals surface area contributed by atoms with Crippen LogP contribution in [0.5, 0.6) is 5.88 Å². The SMILES string of the molecule is CCn1c(=O)c2cnc(Nc3cccc(-c4cnn(C)c4)c3)nc2n1-c1cccc(OC2CCNCC2)n1. The van der Waals surface area contributed by atoms with Crippen LogP contribution in [0.4, 0.5) is 11.6 Å². The highest BCUT2D eigenvalue weighted by Gasteiger charge is 2.19. The number of aryl methyl sites for hydroxylation is 1. The molecular weight excluding hydrogens is 482 g/mol. The third-order valence-corrected chi connectivity index (χ3v) is 6.63. The molecule has 5 heterocycles. The lowest BCUT2D eigenvalue weighted by Crippen LogP contribution is -2.34. The van der Waals surface area contributed by atoms with Crippen molar-refractivity contribution in [3.05, 3.63) is 71.4 Å². The standard InChI is InChI=1S/C27H29N9O2/c1-3-35-26(37)22-16-29-27(31-20-7-4-6-18(14-20)19-15-30-34(2)17-19)33-25(22)36(35)23-8-5-9-24(32-23)38-21-10-12-28-13-11-21/h4-9,14-17,21,28H,3,10-13H2,1-2H3,(H,29,31,33). The van der Waals surface area contributed by atoms with Gasteiger partial charge in [0.2, 0.25) is 11.8 Å². The number of hydrogen-bond donors (Lipinski definition) is 2. The van der Waals surface area contributed by atoms with Crippen LogP contribution in [-0.4, -0.2) is 53.3 Å². The number of nitrogens with zero attached hydrogens (tertiary/aromatic N) is 7. The molecule has 1 aliphatic rings. The summed E-state index contributed by atoms with van der Waals surface area (Å²) in [5.41, 5.74) is 3.17. The van der Waals surface area contributed by atoms with Gasteiger partial charge in [-0.2, -0.15) is 15.1 Å². The fourth-order valence-electron chi connectivity index (χ4n) is 4.75. The van der Waals surface area contributed by atoms with E-state index in [1.54, 1.807) is 20.2 Å². The molecule has 11 nitrogen and oxygen atoms in total. The minimum absolute atomic E-state index is 0.120. The summed E-state index contributed by atoms with van der Waals surface area (Å²) in [7, 11) is 1.89. The van der Waals surface area contributed by atoms with Crippen molar-refractivity contribution >= 4 is 22.7 Å². The molecule has 1 aliphatic heterocycles. The number of nitrogens with one attached hydrogen (secondary N) is 2. The van der Waals surface area contributed by atoms with Crippen LogP contribution in [-0.2, 0) is 13.6 Å². The van der Waals surface area contributed by atoms with E-state index in [1.807, 2.05) is 68.8 Å². The van der Waals surface area contributed by atoms with Gasteiger partial charge in [0.1, 0.15) is 11.5 Å². The number of fused-ring (bicyclic) bond motifs is 1. The number of piperidine rings is 1. The average molecular weight is 512 g/mol. The molecule has 0 unspecified atom stereocenters. The van der Waals surface area contributed by atoms with E-state index in [4.69, 9.17) is 14.7 Å². The van der Waals surface area contributed by atoms with E-state index in [0.29, 0.717) is 35.2 Å². The lowest BCUT2D eigenvalue weighted by atomic mass is 10.1. The van der Waals surface area contributed by atoms with Crippen molar-refractivity contribution in [1.82, 2.24) is 39.4 Å². The molecule has 0 amide bonds. The average Bonchev–Trinajstić information content (AvgIpc) is 3.50. The van der Waals surface area contributed by atoms with Gasteiger partial charge in [-0.3, -0.25) is 9.48 Å². The van der Waals surface area contributed by atoms with Gasteiger partial charge in [-0.15, -0.1) is 0 Å². The van der Waals surface area contributed by atoms with Crippen molar-refractivity contribution in [2.24, 2.45) is 7.05 Å². The van der Waals surface area contributed by atoms with Gasteiger partial charge >= 0.3 is 0 Å². The summed E-state index contributed by atoms with van der Waals surface area (Å²) in [6.07, 6.45) is 7.34. The predicted molar refractivity (Wildman–Crippen MR) is 145 cm³/mol. The number of ether oxygens (including phenoxy) is 1. The molecule has 5 aromatic rings. The van der Waals surface area contributed by atoms with E-state index in [1.165, 1.54) is 0 Å². The monoisotopic (exact) mass is 511 g/mol. The Labute approximate surface area is 219 Å². The molecule has 0 atom stereocenters. The van der Waals surface area contributed by atoms with Crippen molar-refractivity contribution < 1.29 is 4.74 Å². The number of pyridine rings is 1. The van der Waals surface area contributed by atoms with E-state index >= 15 is 0 Å². The van der Waals surface area contributed by atoms with E-state index < -0.39 is 0 Å². The second-order valence-corrected chi connectivity index (χ2v) is 9.27. The first-order valence-electron chi connectivity index (χ1n) is 12.8. The van der Waals surface area contributed by atoms with Crippen LogP contribution < -0.4 is 20.9 Å². The molecule has 4 aromatic heterocycles. The van der Waals surface area contributed by atoms with Gasteiger partial charge in [-0.1, -0.05) is 18.2 Å². The van der Waals surface area contributed by atoms with Gasteiger partial charge in [-0.05, 0) is 56.6 Å². The molecule has 1 aromatic carbocycles. The van der Waals surface area contributed by atoms with Crippen LogP contribution in [0.1, 0.15) is 19.8 Å². The fourth-order valence-corrected chi connectivity index (χ4v) is 4.75. The van der Waals surface area contributed by atoms with Crippen LogP contribution in [0.2, 0.25) is 0 Å². The Kier molecular flexibility index (Phi) is 6.34. The summed E-state index contributed by atoms with van der Waals surface area (Å²) in [5.74, 6) is 1.48. The van der Waals surface area contributed by atoms with E-state index in [-0.39, 0.29) is 11.7 Å². The Morgan fingerprint density at radius 2 is 1.92 bits per heavy atom. The zero-order chi connectivity index (χ0) is 26.1. The molecule has 11 heteroatoms. The minimum Gasteiger partial charge on any atom is -0.474 e. The number of hydrogen-bond acceptors (Lipinski definition) is 8. The highest BCUT2D eigenvalue weighted by atomic mass is 16.5. The Morgan fingerprint density at radius 3 is 2.71 bits per heavy atom. The smallest absolute Gasteiger partial charge is 0.278 e. The van der Waals surface area contributed by atoms with E-state index in [2.05, 4.69) is 20.7 Å². The van der Waals surface area contributed by atoms with E-state index in [0.717, 1.165) is 42.7 Å².